The molecule has 8 heteroatoms. The van der Waals surface area contributed by atoms with Gasteiger partial charge in [0.25, 0.3) is 5.69 Å². The van der Waals surface area contributed by atoms with Crippen LogP contribution in [0.3, 0.4) is 0 Å². The van der Waals surface area contributed by atoms with Gasteiger partial charge in [0.15, 0.2) is 0 Å². The number of benzene rings is 3. The smallest absolute Gasteiger partial charge is 0.269 e. The molecule has 3 rings (SSSR count). The molecule has 0 atom stereocenters. The van der Waals surface area contributed by atoms with E-state index in [1.54, 1.807) is 48.5 Å². The molecule has 0 saturated heterocycles. The van der Waals surface area contributed by atoms with Gasteiger partial charge < -0.3 is 9.57 Å². The van der Waals surface area contributed by atoms with Crippen molar-refractivity contribution in [3.05, 3.63) is 104 Å². The minimum Gasteiger partial charge on any atom is -0.488 e. The predicted octanol–water partition coefficient (Wildman–Crippen LogP) is 5.63. The van der Waals surface area contributed by atoms with Crippen molar-refractivity contribution in [2.75, 3.05) is 0 Å². The molecule has 0 aliphatic heterocycles. The molecule has 0 unspecified atom stereocenters. The van der Waals surface area contributed by atoms with Crippen molar-refractivity contribution >= 4 is 27.8 Å². The van der Waals surface area contributed by atoms with E-state index in [2.05, 4.69) is 21.1 Å². The van der Waals surface area contributed by atoms with E-state index in [1.807, 2.05) is 0 Å². The maximum atomic E-state index is 13.8. The maximum Gasteiger partial charge on any atom is 0.269 e. The Balaban J connectivity index is 1.65. The summed E-state index contributed by atoms with van der Waals surface area (Å²) >= 11 is 3.39. The first kappa shape index (κ1) is 20.5. The lowest BCUT2D eigenvalue weighted by atomic mass is 10.2. The summed E-state index contributed by atoms with van der Waals surface area (Å²) in [4.78, 5) is 15.6. The topological polar surface area (TPSA) is 74.0 Å². The Bertz CT molecular complexity index is 1040. The molecule has 0 amide bonds. The molecule has 0 aliphatic carbocycles. The van der Waals surface area contributed by atoms with Gasteiger partial charge in [-0.2, -0.15) is 0 Å². The number of ether oxygens (including phenoxy) is 1. The molecule has 0 radical (unpaired) electrons. The molecular weight excluding hydrogens is 443 g/mol. The summed E-state index contributed by atoms with van der Waals surface area (Å²) in [5.74, 6) is 0.180. The highest BCUT2D eigenvalue weighted by Gasteiger charge is 2.07. The summed E-state index contributed by atoms with van der Waals surface area (Å²) in [6.45, 7) is 0.154. The Labute approximate surface area is 174 Å². The number of nitrogens with zero attached hydrogens (tertiary/aromatic N) is 2. The number of oxime groups is 1. The van der Waals surface area contributed by atoms with Crippen molar-refractivity contribution < 1.29 is 18.9 Å². The summed E-state index contributed by atoms with van der Waals surface area (Å²) in [5, 5.41) is 14.7. The fourth-order valence-electron chi connectivity index (χ4n) is 2.49. The zero-order valence-corrected chi connectivity index (χ0v) is 16.7. The first-order valence-corrected chi connectivity index (χ1v) is 9.36. The average Bonchev–Trinajstić information content (AvgIpc) is 2.72. The summed E-state index contributed by atoms with van der Waals surface area (Å²) < 4.78 is 20.3. The largest absolute Gasteiger partial charge is 0.488 e. The van der Waals surface area contributed by atoms with Gasteiger partial charge in [0.2, 0.25) is 0 Å². The number of nitro groups is 1. The van der Waals surface area contributed by atoms with E-state index in [0.29, 0.717) is 22.4 Å². The molecule has 0 bridgehead atoms. The first-order valence-electron chi connectivity index (χ1n) is 8.57. The minimum atomic E-state index is -0.465. The third-order valence-electron chi connectivity index (χ3n) is 3.93. The number of rotatable bonds is 8. The van der Waals surface area contributed by atoms with Gasteiger partial charge in [-0.3, -0.25) is 10.1 Å². The standard InChI is InChI=1S/C21H16BrFN2O4/c22-18-8-9-21(28-14-16-5-1-2-7-20(16)23)17(11-18)12-24-29-13-15-4-3-6-19(10-15)25(26)27/h1-12H,13-14H2/b24-12-. The van der Waals surface area contributed by atoms with Gasteiger partial charge >= 0.3 is 0 Å². The second kappa shape index (κ2) is 9.79. The lowest BCUT2D eigenvalue weighted by molar-refractivity contribution is -0.384. The lowest BCUT2D eigenvalue weighted by Crippen LogP contribution is -2.01. The number of halogens is 2. The van der Waals surface area contributed by atoms with Crippen LogP contribution >= 0.6 is 15.9 Å². The Hall–Kier alpha value is -3.26. The van der Waals surface area contributed by atoms with E-state index >= 15 is 0 Å². The number of hydrogen-bond acceptors (Lipinski definition) is 5. The van der Waals surface area contributed by atoms with E-state index in [4.69, 9.17) is 9.57 Å². The fourth-order valence-corrected chi connectivity index (χ4v) is 2.87. The van der Waals surface area contributed by atoms with E-state index in [1.165, 1.54) is 24.4 Å². The number of nitro benzene ring substituents is 1. The van der Waals surface area contributed by atoms with Crippen LogP contribution in [0, 0.1) is 15.9 Å². The molecular formula is C21H16BrFN2O4. The summed E-state index contributed by atoms with van der Waals surface area (Å²) in [7, 11) is 0. The Morgan fingerprint density at radius 1 is 1.07 bits per heavy atom. The minimum absolute atomic E-state index is 0.00843. The highest BCUT2D eigenvalue weighted by Crippen LogP contribution is 2.23. The van der Waals surface area contributed by atoms with Crippen molar-refractivity contribution in [3.8, 4) is 5.75 Å². The highest BCUT2D eigenvalue weighted by molar-refractivity contribution is 9.10. The third kappa shape index (κ3) is 5.86. The Morgan fingerprint density at radius 3 is 2.69 bits per heavy atom. The third-order valence-corrected chi connectivity index (χ3v) is 4.43. The van der Waals surface area contributed by atoms with Crippen LogP contribution in [0.25, 0.3) is 0 Å². The molecule has 0 heterocycles. The van der Waals surface area contributed by atoms with Crippen LogP contribution < -0.4 is 4.74 Å². The van der Waals surface area contributed by atoms with Crippen LogP contribution in [0.2, 0.25) is 0 Å². The predicted molar refractivity (Wildman–Crippen MR) is 110 cm³/mol. The fraction of sp³-hybridized carbons (Fsp3) is 0.0952. The van der Waals surface area contributed by atoms with Crippen molar-refractivity contribution in [3.63, 3.8) is 0 Å². The molecule has 0 aliphatic rings. The summed E-state index contributed by atoms with van der Waals surface area (Å²) in [6, 6.07) is 17.9. The molecule has 0 saturated carbocycles. The van der Waals surface area contributed by atoms with Crippen molar-refractivity contribution in [2.45, 2.75) is 13.2 Å². The lowest BCUT2D eigenvalue weighted by Gasteiger charge is -2.10. The van der Waals surface area contributed by atoms with Gasteiger partial charge in [-0.1, -0.05) is 51.4 Å². The summed E-state index contributed by atoms with van der Waals surface area (Å²) in [5.41, 5.74) is 1.70. The van der Waals surface area contributed by atoms with Gasteiger partial charge in [0.1, 0.15) is 24.8 Å². The van der Waals surface area contributed by atoms with Crippen molar-refractivity contribution in [1.82, 2.24) is 0 Å². The van der Waals surface area contributed by atoms with Crippen LogP contribution in [0.4, 0.5) is 10.1 Å². The first-order chi connectivity index (χ1) is 14.0. The van der Waals surface area contributed by atoms with Crippen LogP contribution in [-0.4, -0.2) is 11.1 Å². The molecule has 29 heavy (non-hydrogen) atoms. The zero-order chi connectivity index (χ0) is 20.6. The van der Waals surface area contributed by atoms with Gasteiger partial charge in [-0.15, -0.1) is 0 Å². The zero-order valence-electron chi connectivity index (χ0n) is 15.1. The molecule has 0 spiro atoms. The summed E-state index contributed by atoms with van der Waals surface area (Å²) in [6.07, 6.45) is 1.47. The van der Waals surface area contributed by atoms with Gasteiger partial charge in [-0.25, -0.2) is 4.39 Å². The highest BCUT2D eigenvalue weighted by atomic mass is 79.9. The van der Waals surface area contributed by atoms with Gasteiger partial charge in [-0.05, 0) is 29.8 Å². The molecule has 0 aromatic heterocycles. The van der Waals surface area contributed by atoms with Crippen LogP contribution in [0.1, 0.15) is 16.7 Å². The van der Waals surface area contributed by atoms with E-state index in [-0.39, 0.29) is 24.7 Å². The van der Waals surface area contributed by atoms with Crippen LogP contribution in [0.5, 0.6) is 5.75 Å². The average molecular weight is 459 g/mol. The van der Waals surface area contributed by atoms with Gasteiger partial charge in [0, 0.05) is 27.7 Å². The Kier molecular flexibility index (Phi) is 6.91. The monoisotopic (exact) mass is 458 g/mol. The van der Waals surface area contributed by atoms with Crippen LogP contribution in [-0.2, 0) is 18.1 Å². The molecule has 148 valence electrons. The Morgan fingerprint density at radius 2 is 1.90 bits per heavy atom. The normalized spacial score (nSPS) is 10.8. The molecule has 3 aromatic rings. The quantitative estimate of drug-likeness (QED) is 0.249. The second-order valence-corrected chi connectivity index (χ2v) is 6.91. The molecule has 3 aromatic carbocycles. The van der Waals surface area contributed by atoms with E-state index in [0.717, 1.165) is 4.47 Å². The molecule has 0 N–H and O–H groups in total. The molecule has 6 nitrogen and oxygen atoms in total. The van der Waals surface area contributed by atoms with E-state index < -0.39 is 4.92 Å². The number of non-ortho nitro benzene ring substituents is 1. The van der Waals surface area contributed by atoms with Crippen molar-refractivity contribution in [2.24, 2.45) is 5.16 Å². The molecule has 0 fully saturated rings. The second-order valence-electron chi connectivity index (χ2n) is 6.00. The SMILES string of the molecule is O=[N+]([O-])c1cccc(CO/N=C\c2cc(Br)ccc2OCc2ccccc2F)c1. The van der Waals surface area contributed by atoms with E-state index in [9.17, 15) is 14.5 Å². The van der Waals surface area contributed by atoms with Crippen molar-refractivity contribution in [1.29, 1.82) is 0 Å². The van der Waals surface area contributed by atoms with Gasteiger partial charge in [0.05, 0.1) is 11.1 Å². The van der Waals surface area contributed by atoms with Crippen LogP contribution in [0.15, 0.2) is 76.4 Å². The number of hydrogen-bond donors (Lipinski definition) is 0. The maximum absolute atomic E-state index is 13.8.